The first-order valence-electron chi connectivity index (χ1n) is 4.22. The molecule has 0 aliphatic carbocycles. The molecule has 1 saturated heterocycles. The predicted octanol–water partition coefficient (Wildman–Crippen LogP) is 1.65. The topological polar surface area (TPSA) is 24.9 Å². The van der Waals surface area contributed by atoms with Crippen molar-refractivity contribution in [2.24, 2.45) is 0 Å². The molecule has 1 aliphatic heterocycles. The van der Waals surface area contributed by atoms with Gasteiger partial charge < -0.3 is 5.32 Å². The summed E-state index contributed by atoms with van der Waals surface area (Å²) in [6, 6.07) is 3.21. The minimum atomic E-state index is -0.197. The van der Waals surface area contributed by atoms with Crippen molar-refractivity contribution in [2.45, 2.75) is 18.9 Å². The van der Waals surface area contributed by atoms with Crippen LogP contribution in [0.4, 0.5) is 4.39 Å². The van der Waals surface area contributed by atoms with Gasteiger partial charge in [-0.05, 0) is 31.5 Å². The van der Waals surface area contributed by atoms with E-state index in [4.69, 9.17) is 0 Å². The SMILES string of the molecule is Fc1cccnc1[C@H]1CCCN1. The molecule has 64 valence electrons. The molecule has 0 radical (unpaired) electrons. The number of nitrogens with one attached hydrogen (secondary N) is 1. The van der Waals surface area contributed by atoms with Gasteiger partial charge in [0.05, 0.1) is 11.7 Å². The minimum Gasteiger partial charge on any atom is -0.309 e. The second kappa shape index (κ2) is 3.19. The summed E-state index contributed by atoms with van der Waals surface area (Å²) < 4.78 is 13.1. The molecule has 0 spiro atoms. The quantitative estimate of drug-likeness (QED) is 0.686. The van der Waals surface area contributed by atoms with Gasteiger partial charge in [0.2, 0.25) is 0 Å². The fourth-order valence-corrected chi connectivity index (χ4v) is 1.57. The molecule has 1 aromatic heterocycles. The number of hydrogen-bond donors (Lipinski definition) is 1. The highest BCUT2D eigenvalue weighted by molar-refractivity contribution is 5.12. The molecule has 0 aromatic carbocycles. The van der Waals surface area contributed by atoms with E-state index in [1.165, 1.54) is 6.07 Å². The molecular formula is C9H11FN2. The highest BCUT2D eigenvalue weighted by atomic mass is 19.1. The largest absolute Gasteiger partial charge is 0.309 e. The highest BCUT2D eigenvalue weighted by Crippen LogP contribution is 2.22. The average Bonchev–Trinajstić information content (AvgIpc) is 2.57. The zero-order chi connectivity index (χ0) is 8.39. The molecule has 2 rings (SSSR count). The Morgan fingerprint density at radius 3 is 3.17 bits per heavy atom. The van der Waals surface area contributed by atoms with Crippen molar-refractivity contribution in [1.29, 1.82) is 0 Å². The molecule has 0 unspecified atom stereocenters. The van der Waals surface area contributed by atoms with Crippen LogP contribution in [0.2, 0.25) is 0 Å². The minimum absolute atomic E-state index is 0.131. The summed E-state index contributed by atoms with van der Waals surface area (Å²) in [4.78, 5) is 4.02. The fraction of sp³-hybridized carbons (Fsp3) is 0.444. The lowest BCUT2D eigenvalue weighted by atomic mass is 10.1. The van der Waals surface area contributed by atoms with E-state index in [0.29, 0.717) is 5.69 Å². The summed E-state index contributed by atoms with van der Waals surface area (Å²) in [5.74, 6) is -0.197. The van der Waals surface area contributed by atoms with Crippen molar-refractivity contribution in [3.63, 3.8) is 0 Å². The molecule has 1 N–H and O–H groups in total. The van der Waals surface area contributed by atoms with Crippen LogP contribution in [0.5, 0.6) is 0 Å². The van der Waals surface area contributed by atoms with Crippen molar-refractivity contribution < 1.29 is 4.39 Å². The van der Waals surface area contributed by atoms with Crippen LogP contribution < -0.4 is 5.32 Å². The molecule has 1 aromatic rings. The van der Waals surface area contributed by atoms with Gasteiger partial charge in [0, 0.05) is 6.20 Å². The summed E-state index contributed by atoms with van der Waals surface area (Å²) >= 11 is 0. The van der Waals surface area contributed by atoms with E-state index in [2.05, 4.69) is 10.3 Å². The molecule has 3 heteroatoms. The van der Waals surface area contributed by atoms with Gasteiger partial charge in [0.15, 0.2) is 0 Å². The number of nitrogens with zero attached hydrogens (tertiary/aromatic N) is 1. The van der Waals surface area contributed by atoms with Crippen molar-refractivity contribution in [2.75, 3.05) is 6.54 Å². The first-order valence-corrected chi connectivity index (χ1v) is 4.22. The summed E-state index contributed by atoms with van der Waals surface area (Å²) in [6.45, 7) is 0.973. The lowest BCUT2D eigenvalue weighted by Crippen LogP contribution is -2.15. The third kappa shape index (κ3) is 1.32. The first kappa shape index (κ1) is 7.68. The summed E-state index contributed by atoms with van der Waals surface area (Å²) in [5.41, 5.74) is 0.565. The second-order valence-corrected chi connectivity index (χ2v) is 3.02. The number of hydrogen-bond acceptors (Lipinski definition) is 2. The second-order valence-electron chi connectivity index (χ2n) is 3.02. The lowest BCUT2D eigenvalue weighted by molar-refractivity contribution is 0.541. The Morgan fingerprint density at radius 2 is 2.50 bits per heavy atom. The average molecular weight is 166 g/mol. The maximum absolute atomic E-state index is 13.1. The monoisotopic (exact) mass is 166 g/mol. The van der Waals surface area contributed by atoms with Crippen molar-refractivity contribution in [3.8, 4) is 0 Å². The Morgan fingerprint density at radius 1 is 1.58 bits per heavy atom. The van der Waals surface area contributed by atoms with E-state index in [-0.39, 0.29) is 11.9 Å². The Labute approximate surface area is 70.8 Å². The normalized spacial score (nSPS) is 22.9. The molecule has 2 heterocycles. The summed E-state index contributed by atoms with van der Waals surface area (Å²) in [5, 5.41) is 3.21. The van der Waals surface area contributed by atoms with Crippen LogP contribution in [-0.4, -0.2) is 11.5 Å². The first-order chi connectivity index (χ1) is 5.88. The van der Waals surface area contributed by atoms with E-state index in [1.54, 1.807) is 12.3 Å². The number of halogens is 1. The van der Waals surface area contributed by atoms with Crippen LogP contribution in [0.3, 0.4) is 0 Å². The van der Waals surface area contributed by atoms with Gasteiger partial charge in [-0.1, -0.05) is 0 Å². The number of aromatic nitrogens is 1. The molecule has 1 aliphatic rings. The van der Waals surface area contributed by atoms with Crippen LogP contribution >= 0.6 is 0 Å². The van der Waals surface area contributed by atoms with Crippen molar-refractivity contribution >= 4 is 0 Å². The molecule has 0 saturated carbocycles. The number of pyridine rings is 1. The van der Waals surface area contributed by atoms with Gasteiger partial charge in [-0.2, -0.15) is 0 Å². The lowest BCUT2D eigenvalue weighted by Gasteiger charge is -2.09. The van der Waals surface area contributed by atoms with Gasteiger partial charge >= 0.3 is 0 Å². The van der Waals surface area contributed by atoms with E-state index < -0.39 is 0 Å². The molecule has 2 nitrogen and oxygen atoms in total. The molecule has 0 bridgehead atoms. The fourth-order valence-electron chi connectivity index (χ4n) is 1.57. The van der Waals surface area contributed by atoms with Gasteiger partial charge in [-0.25, -0.2) is 4.39 Å². The van der Waals surface area contributed by atoms with Crippen LogP contribution in [0, 0.1) is 5.82 Å². The summed E-state index contributed by atoms with van der Waals surface area (Å²) in [6.07, 6.45) is 3.74. The molecule has 0 amide bonds. The Bertz CT molecular complexity index is 269. The van der Waals surface area contributed by atoms with E-state index >= 15 is 0 Å². The van der Waals surface area contributed by atoms with Crippen LogP contribution in [0.25, 0.3) is 0 Å². The van der Waals surface area contributed by atoms with Crippen LogP contribution in [0.15, 0.2) is 18.3 Å². The van der Waals surface area contributed by atoms with Gasteiger partial charge in [-0.3, -0.25) is 4.98 Å². The van der Waals surface area contributed by atoms with E-state index in [0.717, 1.165) is 19.4 Å². The van der Waals surface area contributed by atoms with Crippen molar-refractivity contribution in [1.82, 2.24) is 10.3 Å². The molecule has 12 heavy (non-hydrogen) atoms. The van der Waals surface area contributed by atoms with Gasteiger partial charge in [0.1, 0.15) is 5.82 Å². The molecule has 1 atom stereocenters. The van der Waals surface area contributed by atoms with E-state index in [1.807, 2.05) is 0 Å². The van der Waals surface area contributed by atoms with Gasteiger partial charge in [-0.15, -0.1) is 0 Å². The zero-order valence-corrected chi connectivity index (χ0v) is 6.76. The maximum Gasteiger partial charge on any atom is 0.146 e. The van der Waals surface area contributed by atoms with E-state index in [9.17, 15) is 4.39 Å². The standard InChI is InChI=1S/C9H11FN2/c10-7-3-1-6-12-9(7)8-4-2-5-11-8/h1,3,6,8,11H,2,4-5H2/t8-/m1/s1. The molecule has 1 fully saturated rings. The molecular weight excluding hydrogens is 155 g/mol. The highest BCUT2D eigenvalue weighted by Gasteiger charge is 2.19. The third-order valence-corrected chi connectivity index (χ3v) is 2.18. The summed E-state index contributed by atoms with van der Waals surface area (Å²) in [7, 11) is 0. The Kier molecular flexibility index (Phi) is 2.04. The Balaban J connectivity index is 2.26. The predicted molar refractivity (Wildman–Crippen MR) is 44.2 cm³/mol. The number of rotatable bonds is 1. The third-order valence-electron chi connectivity index (χ3n) is 2.18. The zero-order valence-electron chi connectivity index (χ0n) is 6.76. The van der Waals surface area contributed by atoms with Gasteiger partial charge in [0.25, 0.3) is 0 Å². The Hall–Kier alpha value is -0.960. The smallest absolute Gasteiger partial charge is 0.146 e. The maximum atomic E-state index is 13.1. The van der Waals surface area contributed by atoms with Crippen LogP contribution in [-0.2, 0) is 0 Å². The van der Waals surface area contributed by atoms with Crippen molar-refractivity contribution in [3.05, 3.63) is 29.8 Å². The van der Waals surface area contributed by atoms with Crippen LogP contribution in [0.1, 0.15) is 24.6 Å².